The number of nitrogens with zero attached hydrogens (tertiary/aromatic N) is 4. The number of aromatic nitrogens is 5. The van der Waals surface area contributed by atoms with Gasteiger partial charge in [-0.05, 0) is 30.3 Å². The predicted molar refractivity (Wildman–Crippen MR) is 95.1 cm³/mol. The second-order valence-electron chi connectivity index (χ2n) is 6.48. The average Bonchev–Trinajstić information content (AvgIpc) is 3.31. The lowest BCUT2D eigenvalue weighted by Gasteiger charge is -2.22. The van der Waals surface area contributed by atoms with Crippen molar-refractivity contribution in [1.29, 1.82) is 0 Å². The van der Waals surface area contributed by atoms with E-state index in [0.29, 0.717) is 17.9 Å². The lowest BCUT2D eigenvalue weighted by atomic mass is 9.99. The fourth-order valence-corrected chi connectivity index (χ4v) is 3.42. The molecule has 1 unspecified atom stereocenters. The number of pyridine rings is 1. The van der Waals surface area contributed by atoms with Gasteiger partial charge in [-0.1, -0.05) is 0 Å². The van der Waals surface area contributed by atoms with Crippen LogP contribution in [0.4, 0.5) is 8.78 Å². The Morgan fingerprint density at radius 3 is 2.85 bits per heavy atom. The highest BCUT2D eigenvalue weighted by Gasteiger charge is 2.27. The first kappa shape index (κ1) is 16.1. The fourth-order valence-electron chi connectivity index (χ4n) is 3.42. The first-order valence-electron chi connectivity index (χ1n) is 8.55. The lowest BCUT2D eigenvalue weighted by Crippen LogP contribution is -2.29. The molecule has 8 heteroatoms. The minimum Gasteiger partial charge on any atom is -0.367 e. The second kappa shape index (κ2) is 6.24. The summed E-state index contributed by atoms with van der Waals surface area (Å²) < 4.78 is 33.9. The quantitative estimate of drug-likeness (QED) is 0.602. The number of hydrogen-bond donors (Lipinski definition) is 1. The molecule has 0 bridgehead atoms. The first-order chi connectivity index (χ1) is 13.2. The summed E-state index contributed by atoms with van der Waals surface area (Å²) in [5.41, 5.74) is 4.72. The van der Waals surface area contributed by atoms with Crippen LogP contribution in [0.3, 0.4) is 0 Å². The van der Waals surface area contributed by atoms with Gasteiger partial charge in [-0.15, -0.1) is 0 Å². The molecule has 1 aromatic carbocycles. The summed E-state index contributed by atoms with van der Waals surface area (Å²) >= 11 is 0. The molecular weight excluding hydrogens is 352 g/mol. The van der Waals surface area contributed by atoms with Crippen LogP contribution in [0.5, 0.6) is 0 Å². The van der Waals surface area contributed by atoms with E-state index in [1.54, 1.807) is 29.2 Å². The summed E-state index contributed by atoms with van der Waals surface area (Å²) in [7, 11) is 0. The van der Waals surface area contributed by atoms with Gasteiger partial charge in [0.25, 0.3) is 0 Å². The van der Waals surface area contributed by atoms with Gasteiger partial charge in [0.05, 0.1) is 25.0 Å². The largest absolute Gasteiger partial charge is 0.367 e. The van der Waals surface area contributed by atoms with Gasteiger partial charge < -0.3 is 4.74 Å². The van der Waals surface area contributed by atoms with Crippen LogP contribution >= 0.6 is 0 Å². The molecule has 3 aromatic heterocycles. The third-order valence-corrected chi connectivity index (χ3v) is 4.76. The summed E-state index contributed by atoms with van der Waals surface area (Å²) in [6, 6.07) is 8.14. The Bertz CT molecular complexity index is 1120. The fraction of sp³-hybridized carbons (Fsp3) is 0.211. The van der Waals surface area contributed by atoms with E-state index < -0.39 is 12.8 Å². The summed E-state index contributed by atoms with van der Waals surface area (Å²) in [5, 5.41) is 12.4. The van der Waals surface area contributed by atoms with Crippen molar-refractivity contribution < 1.29 is 13.5 Å². The van der Waals surface area contributed by atoms with Gasteiger partial charge in [0, 0.05) is 28.3 Å². The third-order valence-electron chi connectivity index (χ3n) is 4.76. The normalized spacial score (nSPS) is 16.6. The van der Waals surface area contributed by atoms with Gasteiger partial charge in [0.15, 0.2) is 5.65 Å². The predicted octanol–water partition coefficient (Wildman–Crippen LogP) is 3.50. The number of halogens is 2. The highest BCUT2D eigenvalue weighted by atomic mass is 19.1. The molecule has 5 rings (SSSR count). The van der Waals surface area contributed by atoms with Crippen molar-refractivity contribution in [2.24, 2.45) is 0 Å². The van der Waals surface area contributed by atoms with E-state index in [2.05, 4.69) is 20.3 Å². The summed E-state index contributed by atoms with van der Waals surface area (Å²) in [5.74, 6) is -0.313. The Morgan fingerprint density at radius 2 is 2.04 bits per heavy atom. The highest BCUT2D eigenvalue weighted by molar-refractivity contribution is 5.87. The van der Waals surface area contributed by atoms with Crippen molar-refractivity contribution in [1.82, 2.24) is 25.0 Å². The number of ether oxygens (including phenoxy) is 1. The molecule has 1 atom stereocenters. The van der Waals surface area contributed by atoms with Crippen LogP contribution in [0.1, 0.15) is 5.69 Å². The molecule has 0 amide bonds. The number of H-pyrrole nitrogens is 1. The zero-order chi connectivity index (χ0) is 18.4. The SMILES string of the molecule is FCC1Cn2nc(-c3ccc(F)cc3)c(-c3cnc4[nH]ncc4c3)c2CO1. The minimum absolute atomic E-state index is 0.252. The zero-order valence-corrected chi connectivity index (χ0v) is 14.2. The lowest BCUT2D eigenvalue weighted by molar-refractivity contribution is -0.0126. The molecule has 1 aliphatic heterocycles. The monoisotopic (exact) mass is 367 g/mol. The number of aromatic amines is 1. The van der Waals surface area contributed by atoms with E-state index in [4.69, 9.17) is 4.74 Å². The van der Waals surface area contributed by atoms with Crippen molar-refractivity contribution >= 4 is 11.0 Å². The Hall–Kier alpha value is -3.13. The van der Waals surface area contributed by atoms with Crippen molar-refractivity contribution in [3.63, 3.8) is 0 Å². The standard InChI is InChI=1S/C19H15F2N5O/c20-6-15-9-26-16(10-27-15)17(12-5-13-8-23-24-19(13)22-7-12)18(25-26)11-1-3-14(21)4-2-11/h1-5,7-8,15H,6,9-10H2,(H,22,23,24). The number of benzene rings is 1. The van der Waals surface area contributed by atoms with E-state index in [9.17, 15) is 8.78 Å². The number of fused-ring (bicyclic) bond motifs is 2. The molecule has 0 fully saturated rings. The molecule has 6 nitrogen and oxygen atoms in total. The molecule has 0 radical (unpaired) electrons. The molecule has 1 aliphatic rings. The molecule has 136 valence electrons. The molecule has 0 saturated carbocycles. The molecule has 4 heterocycles. The van der Waals surface area contributed by atoms with E-state index in [1.807, 2.05) is 6.07 Å². The number of rotatable bonds is 3. The van der Waals surface area contributed by atoms with Gasteiger partial charge in [0.1, 0.15) is 24.3 Å². The van der Waals surface area contributed by atoms with Crippen molar-refractivity contribution in [2.75, 3.05) is 6.67 Å². The maximum Gasteiger partial charge on any atom is 0.155 e. The van der Waals surface area contributed by atoms with Gasteiger partial charge >= 0.3 is 0 Å². The molecule has 1 N–H and O–H groups in total. The summed E-state index contributed by atoms with van der Waals surface area (Å²) in [4.78, 5) is 4.41. The van der Waals surface area contributed by atoms with Crippen LogP contribution < -0.4 is 0 Å². The molecule has 0 saturated heterocycles. The molecule has 0 spiro atoms. The Balaban J connectivity index is 1.72. The van der Waals surface area contributed by atoms with Gasteiger partial charge in [0.2, 0.25) is 0 Å². The second-order valence-corrected chi connectivity index (χ2v) is 6.48. The van der Waals surface area contributed by atoms with Crippen LogP contribution in [0.15, 0.2) is 42.7 Å². The van der Waals surface area contributed by atoms with Gasteiger partial charge in [-0.3, -0.25) is 9.78 Å². The Kier molecular flexibility index (Phi) is 3.71. The zero-order valence-electron chi connectivity index (χ0n) is 14.2. The van der Waals surface area contributed by atoms with Gasteiger partial charge in [-0.2, -0.15) is 10.2 Å². The third kappa shape index (κ3) is 2.69. The van der Waals surface area contributed by atoms with Crippen molar-refractivity contribution in [3.05, 3.63) is 54.2 Å². The van der Waals surface area contributed by atoms with Crippen LogP contribution in [0.25, 0.3) is 33.4 Å². The molecule has 4 aromatic rings. The van der Waals surface area contributed by atoms with E-state index >= 15 is 0 Å². The highest BCUT2D eigenvalue weighted by Crippen LogP contribution is 2.37. The number of hydrogen-bond acceptors (Lipinski definition) is 4. The Morgan fingerprint density at radius 1 is 1.19 bits per heavy atom. The Labute approximate surface area is 152 Å². The molecule has 27 heavy (non-hydrogen) atoms. The van der Waals surface area contributed by atoms with Crippen molar-refractivity contribution in [2.45, 2.75) is 19.3 Å². The topological polar surface area (TPSA) is 68.6 Å². The smallest absolute Gasteiger partial charge is 0.155 e. The van der Waals surface area contributed by atoms with E-state index in [0.717, 1.165) is 27.8 Å². The summed E-state index contributed by atoms with van der Waals surface area (Å²) in [6.07, 6.45) is 2.93. The average molecular weight is 367 g/mol. The van der Waals surface area contributed by atoms with Crippen LogP contribution in [-0.2, 0) is 17.9 Å². The van der Waals surface area contributed by atoms with E-state index in [1.165, 1.54) is 12.1 Å². The molecular formula is C19H15F2N5O. The van der Waals surface area contributed by atoms with E-state index in [-0.39, 0.29) is 12.4 Å². The van der Waals surface area contributed by atoms with Crippen molar-refractivity contribution in [3.8, 4) is 22.4 Å². The molecule has 0 aliphatic carbocycles. The number of nitrogens with one attached hydrogen (secondary N) is 1. The van der Waals surface area contributed by atoms with Crippen LogP contribution in [-0.4, -0.2) is 37.7 Å². The first-order valence-corrected chi connectivity index (χ1v) is 8.55. The van der Waals surface area contributed by atoms with Crippen LogP contribution in [0, 0.1) is 5.82 Å². The van der Waals surface area contributed by atoms with Gasteiger partial charge in [-0.25, -0.2) is 13.8 Å². The summed E-state index contributed by atoms with van der Waals surface area (Å²) in [6.45, 7) is 0.0198. The maximum atomic E-state index is 13.4. The minimum atomic E-state index is -0.566. The van der Waals surface area contributed by atoms with Crippen LogP contribution in [0.2, 0.25) is 0 Å². The maximum absolute atomic E-state index is 13.4. The number of alkyl halides is 1.